The summed E-state index contributed by atoms with van der Waals surface area (Å²) < 4.78 is 36.4. The monoisotopic (exact) mass is 223 g/mol. The molecule has 0 radical (unpaired) electrons. The van der Waals surface area contributed by atoms with Gasteiger partial charge in [-0.1, -0.05) is 0 Å². The number of nitrogens with zero attached hydrogens (tertiary/aromatic N) is 2. The molecule has 0 amide bonds. The zero-order valence-electron chi connectivity index (χ0n) is 7.58. The SMILES string of the molecule is Cc1nc(N)nc(O)c1C(O)C(F)(F)F. The number of nitrogen functional groups attached to an aromatic ring is 1. The van der Waals surface area contributed by atoms with E-state index in [1.54, 1.807) is 0 Å². The van der Waals surface area contributed by atoms with E-state index in [2.05, 4.69) is 9.97 Å². The van der Waals surface area contributed by atoms with E-state index < -0.39 is 23.7 Å². The number of aryl methyl sites for hydroxylation is 1. The largest absolute Gasteiger partial charge is 0.493 e. The highest BCUT2D eigenvalue weighted by Crippen LogP contribution is 2.37. The Morgan fingerprint density at radius 1 is 1.33 bits per heavy atom. The third kappa shape index (κ3) is 2.27. The second-order valence-electron chi connectivity index (χ2n) is 2.85. The van der Waals surface area contributed by atoms with Crippen LogP contribution in [0.25, 0.3) is 0 Å². The fourth-order valence-corrected chi connectivity index (χ4v) is 1.07. The first-order chi connectivity index (χ1) is 6.73. The molecule has 1 aromatic heterocycles. The number of anilines is 1. The maximum absolute atomic E-state index is 12.1. The van der Waals surface area contributed by atoms with Gasteiger partial charge in [0.15, 0.2) is 6.10 Å². The van der Waals surface area contributed by atoms with Crippen molar-refractivity contribution in [2.24, 2.45) is 0 Å². The molecule has 1 aromatic rings. The third-order valence-electron chi connectivity index (χ3n) is 1.72. The van der Waals surface area contributed by atoms with Gasteiger partial charge in [-0.25, -0.2) is 4.98 Å². The van der Waals surface area contributed by atoms with E-state index in [-0.39, 0.29) is 11.6 Å². The lowest BCUT2D eigenvalue weighted by molar-refractivity contribution is -0.207. The Kier molecular flexibility index (Phi) is 2.71. The van der Waals surface area contributed by atoms with Crippen LogP contribution in [0.4, 0.5) is 19.1 Å². The van der Waals surface area contributed by atoms with E-state index in [9.17, 15) is 13.2 Å². The summed E-state index contributed by atoms with van der Waals surface area (Å²) in [6.45, 7) is 1.18. The molecule has 1 rings (SSSR count). The Labute approximate surface area is 82.4 Å². The van der Waals surface area contributed by atoms with Gasteiger partial charge in [0, 0.05) is 0 Å². The van der Waals surface area contributed by atoms with Crippen LogP contribution >= 0.6 is 0 Å². The fourth-order valence-electron chi connectivity index (χ4n) is 1.07. The van der Waals surface area contributed by atoms with Crippen molar-refractivity contribution in [1.82, 2.24) is 9.97 Å². The normalized spacial score (nSPS) is 13.9. The Balaban J connectivity index is 3.26. The molecule has 0 saturated carbocycles. The molecule has 0 aliphatic carbocycles. The molecular formula is C7H8F3N3O2. The Bertz CT molecular complexity index is 357. The van der Waals surface area contributed by atoms with Gasteiger partial charge in [-0.15, -0.1) is 0 Å². The number of alkyl halides is 3. The maximum Gasteiger partial charge on any atom is 0.418 e. The molecule has 4 N–H and O–H groups in total. The van der Waals surface area contributed by atoms with Crippen LogP contribution in [0.15, 0.2) is 0 Å². The average Bonchev–Trinajstić information content (AvgIpc) is 1.99. The molecule has 0 saturated heterocycles. The number of aliphatic hydroxyl groups excluding tert-OH is 1. The second-order valence-corrected chi connectivity index (χ2v) is 2.85. The topological polar surface area (TPSA) is 92.3 Å². The summed E-state index contributed by atoms with van der Waals surface area (Å²) in [6.07, 6.45) is -7.71. The van der Waals surface area contributed by atoms with Gasteiger partial charge in [0.1, 0.15) is 0 Å². The Morgan fingerprint density at radius 3 is 2.27 bits per heavy atom. The van der Waals surface area contributed by atoms with Crippen molar-refractivity contribution in [2.45, 2.75) is 19.2 Å². The van der Waals surface area contributed by atoms with Crippen LogP contribution < -0.4 is 5.73 Å². The first-order valence-electron chi connectivity index (χ1n) is 3.81. The summed E-state index contributed by atoms with van der Waals surface area (Å²) in [5.41, 5.74) is 4.09. The van der Waals surface area contributed by atoms with Crippen LogP contribution in [0.3, 0.4) is 0 Å². The van der Waals surface area contributed by atoms with E-state index in [1.807, 2.05) is 0 Å². The minimum Gasteiger partial charge on any atom is -0.493 e. The maximum atomic E-state index is 12.1. The quantitative estimate of drug-likeness (QED) is 0.650. The zero-order chi connectivity index (χ0) is 11.8. The molecule has 1 unspecified atom stereocenters. The summed E-state index contributed by atoms with van der Waals surface area (Å²) in [5.74, 6) is -1.33. The lowest BCUT2D eigenvalue weighted by atomic mass is 10.1. The molecule has 0 aliphatic rings. The molecule has 8 heteroatoms. The van der Waals surface area contributed by atoms with E-state index in [1.165, 1.54) is 6.92 Å². The second kappa shape index (κ2) is 3.54. The minimum absolute atomic E-state index is 0.218. The lowest BCUT2D eigenvalue weighted by Gasteiger charge is -2.16. The molecule has 5 nitrogen and oxygen atoms in total. The van der Waals surface area contributed by atoms with Crippen molar-refractivity contribution in [1.29, 1.82) is 0 Å². The van der Waals surface area contributed by atoms with Crippen LogP contribution in [0.5, 0.6) is 5.88 Å². The number of aliphatic hydroxyl groups is 1. The average molecular weight is 223 g/mol. The van der Waals surface area contributed by atoms with E-state index >= 15 is 0 Å². The predicted octanol–water partition coefficient (Wildman–Crippen LogP) is 0.669. The number of aromatic hydroxyl groups is 1. The molecule has 1 atom stereocenters. The molecule has 1 heterocycles. The van der Waals surface area contributed by atoms with Crippen LogP contribution in [-0.4, -0.2) is 26.4 Å². The molecular weight excluding hydrogens is 215 g/mol. The summed E-state index contributed by atoms with van der Waals surface area (Å²) in [4.78, 5) is 6.55. The first kappa shape index (κ1) is 11.5. The van der Waals surface area contributed by atoms with E-state index in [0.29, 0.717) is 0 Å². The highest BCUT2D eigenvalue weighted by molar-refractivity contribution is 5.36. The van der Waals surface area contributed by atoms with Crippen molar-refractivity contribution < 1.29 is 23.4 Å². The van der Waals surface area contributed by atoms with Crippen molar-refractivity contribution in [2.75, 3.05) is 5.73 Å². The highest BCUT2D eigenvalue weighted by Gasteiger charge is 2.42. The first-order valence-corrected chi connectivity index (χ1v) is 3.81. The summed E-state index contributed by atoms with van der Waals surface area (Å²) in [7, 11) is 0. The highest BCUT2D eigenvalue weighted by atomic mass is 19.4. The Morgan fingerprint density at radius 2 is 1.87 bits per heavy atom. The Hall–Kier alpha value is -1.57. The zero-order valence-corrected chi connectivity index (χ0v) is 7.58. The number of hydrogen-bond donors (Lipinski definition) is 3. The van der Waals surface area contributed by atoms with Gasteiger partial charge in [-0.2, -0.15) is 18.2 Å². The fraction of sp³-hybridized carbons (Fsp3) is 0.429. The van der Waals surface area contributed by atoms with Gasteiger partial charge in [0.2, 0.25) is 11.8 Å². The standard InChI is InChI=1S/C7H8F3N3O2/c1-2-3(4(14)7(8,9)10)5(15)13-6(11)12-2/h4,14H,1H3,(H3,11,12,13,15). The number of rotatable bonds is 1. The van der Waals surface area contributed by atoms with Crippen molar-refractivity contribution in [3.05, 3.63) is 11.3 Å². The summed E-state index contributed by atoms with van der Waals surface area (Å²) >= 11 is 0. The van der Waals surface area contributed by atoms with Gasteiger partial charge in [0.25, 0.3) is 0 Å². The number of halogens is 3. The number of aromatic nitrogens is 2. The molecule has 15 heavy (non-hydrogen) atoms. The van der Waals surface area contributed by atoms with Gasteiger partial charge in [-0.05, 0) is 6.92 Å². The van der Waals surface area contributed by atoms with Crippen molar-refractivity contribution in [3.8, 4) is 5.88 Å². The van der Waals surface area contributed by atoms with Crippen LogP contribution in [0, 0.1) is 6.92 Å². The van der Waals surface area contributed by atoms with Gasteiger partial charge in [0.05, 0.1) is 11.3 Å². The molecule has 0 aliphatic heterocycles. The number of nitrogens with two attached hydrogens (primary N) is 1. The van der Waals surface area contributed by atoms with Crippen LogP contribution in [0.1, 0.15) is 17.4 Å². The van der Waals surface area contributed by atoms with Crippen LogP contribution in [-0.2, 0) is 0 Å². The van der Waals surface area contributed by atoms with E-state index in [0.717, 1.165) is 0 Å². The van der Waals surface area contributed by atoms with Gasteiger partial charge in [-0.3, -0.25) is 0 Å². The third-order valence-corrected chi connectivity index (χ3v) is 1.72. The molecule has 0 aromatic carbocycles. The minimum atomic E-state index is -4.89. The van der Waals surface area contributed by atoms with Gasteiger partial charge < -0.3 is 15.9 Å². The summed E-state index contributed by atoms with van der Waals surface area (Å²) in [6, 6.07) is 0. The smallest absolute Gasteiger partial charge is 0.418 e. The molecule has 0 bridgehead atoms. The molecule has 0 spiro atoms. The van der Waals surface area contributed by atoms with Crippen molar-refractivity contribution >= 4 is 5.95 Å². The van der Waals surface area contributed by atoms with Crippen LogP contribution in [0.2, 0.25) is 0 Å². The predicted molar refractivity (Wildman–Crippen MR) is 43.9 cm³/mol. The van der Waals surface area contributed by atoms with Crippen molar-refractivity contribution in [3.63, 3.8) is 0 Å². The lowest BCUT2D eigenvalue weighted by Crippen LogP contribution is -2.22. The summed E-state index contributed by atoms with van der Waals surface area (Å²) in [5, 5.41) is 18.0. The molecule has 0 fully saturated rings. The molecule has 84 valence electrons. The van der Waals surface area contributed by atoms with E-state index in [4.69, 9.17) is 15.9 Å². The number of hydrogen-bond acceptors (Lipinski definition) is 5. The van der Waals surface area contributed by atoms with Gasteiger partial charge >= 0.3 is 6.18 Å².